The molecule has 0 spiro atoms. The second kappa shape index (κ2) is 7.40. The van der Waals surface area contributed by atoms with Crippen molar-refractivity contribution in [2.45, 2.75) is 25.9 Å². The maximum absolute atomic E-state index is 11.4. The highest BCUT2D eigenvalue weighted by Gasteiger charge is 2.15. The van der Waals surface area contributed by atoms with Gasteiger partial charge in [-0.2, -0.15) is 11.8 Å². The van der Waals surface area contributed by atoms with E-state index in [0.29, 0.717) is 12.6 Å². The normalized spacial score (nSPS) is 12.4. The summed E-state index contributed by atoms with van der Waals surface area (Å²) in [5.41, 5.74) is 0.841. The molecule has 96 valence electrons. The van der Waals surface area contributed by atoms with E-state index in [9.17, 15) is 4.79 Å². The van der Waals surface area contributed by atoms with Crippen molar-refractivity contribution in [3.05, 3.63) is 23.7 Å². The highest BCUT2D eigenvalue weighted by atomic mass is 32.2. The first-order valence-electron chi connectivity index (χ1n) is 5.56. The lowest BCUT2D eigenvalue weighted by Crippen LogP contribution is -2.26. The summed E-state index contributed by atoms with van der Waals surface area (Å²) in [5.74, 6) is 0.990. The number of hydrogen-bond acceptors (Lipinski definition) is 5. The van der Waals surface area contributed by atoms with Crippen molar-refractivity contribution in [3.63, 3.8) is 0 Å². The van der Waals surface area contributed by atoms with Gasteiger partial charge in [0.25, 0.3) is 0 Å². The standard InChI is InChI=1S/C12H19NO3S/c1-9(5-7-17-3)13-8-10-4-6-16-11(10)12(14)15-2/h4,6,9,13H,5,7-8H2,1-3H3. The maximum Gasteiger partial charge on any atom is 0.374 e. The van der Waals surface area contributed by atoms with Crippen LogP contribution >= 0.6 is 11.8 Å². The summed E-state index contributed by atoms with van der Waals surface area (Å²) in [4.78, 5) is 11.4. The molecule has 4 nitrogen and oxygen atoms in total. The minimum atomic E-state index is -0.427. The minimum Gasteiger partial charge on any atom is -0.463 e. The number of hydrogen-bond donors (Lipinski definition) is 1. The predicted molar refractivity (Wildman–Crippen MR) is 69.3 cm³/mol. The fourth-order valence-corrected chi connectivity index (χ4v) is 2.02. The van der Waals surface area contributed by atoms with Crippen molar-refractivity contribution < 1.29 is 13.9 Å². The number of carbonyl (C=O) groups excluding carboxylic acids is 1. The van der Waals surface area contributed by atoms with Crippen LogP contribution in [-0.2, 0) is 11.3 Å². The summed E-state index contributed by atoms with van der Waals surface area (Å²) in [6.45, 7) is 2.75. The Morgan fingerprint density at radius 1 is 1.65 bits per heavy atom. The van der Waals surface area contributed by atoms with Crippen LogP contribution in [0.1, 0.15) is 29.5 Å². The number of thioether (sulfide) groups is 1. The Balaban J connectivity index is 2.46. The van der Waals surface area contributed by atoms with Gasteiger partial charge in [-0.15, -0.1) is 0 Å². The molecule has 1 atom stereocenters. The largest absolute Gasteiger partial charge is 0.463 e. The second-order valence-corrected chi connectivity index (χ2v) is 4.82. The summed E-state index contributed by atoms with van der Waals surface area (Å²) in [6, 6.07) is 2.21. The molecule has 1 rings (SSSR count). The molecular weight excluding hydrogens is 238 g/mol. The number of carbonyl (C=O) groups is 1. The third-order valence-electron chi connectivity index (χ3n) is 2.51. The van der Waals surface area contributed by atoms with Gasteiger partial charge in [0.2, 0.25) is 5.76 Å². The van der Waals surface area contributed by atoms with E-state index in [1.165, 1.54) is 13.4 Å². The zero-order valence-electron chi connectivity index (χ0n) is 10.5. The Bertz CT molecular complexity index is 351. The Kier molecular flexibility index (Phi) is 6.15. The van der Waals surface area contributed by atoms with E-state index < -0.39 is 5.97 Å². The number of esters is 1. The highest BCUT2D eigenvalue weighted by molar-refractivity contribution is 7.98. The van der Waals surface area contributed by atoms with E-state index in [4.69, 9.17) is 4.42 Å². The van der Waals surface area contributed by atoms with Gasteiger partial charge in [0.15, 0.2) is 0 Å². The van der Waals surface area contributed by atoms with E-state index in [1.807, 2.05) is 11.8 Å². The van der Waals surface area contributed by atoms with Crippen molar-refractivity contribution in [2.24, 2.45) is 0 Å². The first kappa shape index (κ1) is 14.1. The highest BCUT2D eigenvalue weighted by Crippen LogP contribution is 2.12. The van der Waals surface area contributed by atoms with Gasteiger partial charge in [-0.1, -0.05) is 0 Å². The number of methoxy groups -OCH3 is 1. The van der Waals surface area contributed by atoms with Crippen molar-refractivity contribution in [3.8, 4) is 0 Å². The smallest absolute Gasteiger partial charge is 0.374 e. The van der Waals surface area contributed by atoms with Crippen molar-refractivity contribution in [1.29, 1.82) is 0 Å². The van der Waals surface area contributed by atoms with Crippen LogP contribution in [0.5, 0.6) is 0 Å². The van der Waals surface area contributed by atoms with Gasteiger partial charge in [-0.3, -0.25) is 0 Å². The van der Waals surface area contributed by atoms with Crippen LogP contribution in [0, 0.1) is 0 Å². The monoisotopic (exact) mass is 257 g/mol. The maximum atomic E-state index is 11.4. The molecule has 0 bridgehead atoms. The van der Waals surface area contributed by atoms with Crippen LogP contribution in [0.15, 0.2) is 16.7 Å². The van der Waals surface area contributed by atoms with Crippen molar-refractivity contribution in [1.82, 2.24) is 5.32 Å². The minimum absolute atomic E-state index is 0.289. The van der Waals surface area contributed by atoms with E-state index in [0.717, 1.165) is 17.7 Å². The molecule has 0 saturated heterocycles. The van der Waals surface area contributed by atoms with E-state index in [1.54, 1.807) is 6.07 Å². The summed E-state index contributed by atoms with van der Waals surface area (Å²) in [6.07, 6.45) is 4.71. The molecule has 0 amide bonds. The van der Waals surface area contributed by atoms with Crippen LogP contribution in [0.3, 0.4) is 0 Å². The second-order valence-electron chi connectivity index (χ2n) is 3.83. The quantitative estimate of drug-likeness (QED) is 0.760. The Hall–Kier alpha value is -0.940. The summed E-state index contributed by atoms with van der Waals surface area (Å²) >= 11 is 1.83. The van der Waals surface area contributed by atoms with Crippen LogP contribution in [-0.4, -0.2) is 31.1 Å². The van der Waals surface area contributed by atoms with Crippen molar-refractivity contribution in [2.75, 3.05) is 19.1 Å². The van der Waals surface area contributed by atoms with Crippen LogP contribution in [0.25, 0.3) is 0 Å². The zero-order chi connectivity index (χ0) is 12.7. The van der Waals surface area contributed by atoms with Gasteiger partial charge in [-0.25, -0.2) is 4.79 Å². The third kappa shape index (κ3) is 4.44. The molecule has 0 aliphatic carbocycles. The number of ether oxygens (including phenoxy) is 1. The van der Waals surface area contributed by atoms with Gasteiger partial charge in [0.1, 0.15) is 0 Å². The topological polar surface area (TPSA) is 51.5 Å². The molecule has 1 aromatic heterocycles. The van der Waals surface area contributed by atoms with Gasteiger partial charge >= 0.3 is 5.97 Å². The molecule has 0 fully saturated rings. The lowest BCUT2D eigenvalue weighted by atomic mass is 10.2. The summed E-state index contributed by atoms with van der Waals surface area (Å²) < 4.78 is 9.76. The zero-order valence-corrected chi connectivity index (χ0v) is 11.3. The fraction of sp³-hybridized carbons (Fsp3) is 0.583. The van der Waals surface area contributed by atoms with Crippen LogP contribution < -0.4 is 5.32 Å². The molecule has 0 radical (unpaired) electrons. The molecule has 1 heterocycles. The molecule has 0 saturated carbocycles. The van der Waals surface area contributed by atoms with Gasteiger partial charge in [0.05, 0.1) is 13.4 Å². The van der Waals surface area contributed by atoms with Gasteiger partial charge in [-0.05, 0) is 31.4 Å². The summed E-state index contributed by atoms with van der Waals surface area (Å²) in [5, 5.41) is 3.36. The SMILES string of the molecule is COC(=O)c1occc1CNC(C)CCSC. The molecule has 5 heteroatoms. The van der Waals surface area contributed by atoms with Crippen LogP contribution in [0.4, 0.5) is 0 Å². The molecule has 17 heavy (non-hydrogen) atoms. The summed E-state index contributed by atoms with van der Waals surface area (Å²) in [7, 11) is 1.35. The van der Waals surface area contributed by atoms with Crippen LogP contribution in [0.2, 0.25) is 0 Å². The van der Waals surface area contributed by atoms with E-state index in [2.05, 4.69) is 23.2 Å². The number of nitrogens with one attached hydrogen (secondary N) is 1. The van der Waals surface area contributed by atoms with Crippen molar-refractivity contribution >= 4 is 17.7 Å². The van der Waals surface area contributed by atoms with E-state index >= 15 is 0 Å². The first-order chi connectivity index (χ1) is 8.19. The number of furan rings is 1. The average molecular weight is 257 g/mol. The molecule has 1 N–H and O–H groups in total. The lowest BCUT2D eigenvalue weighted by Gasteiger charge is -2.12. The molecule has 0 aliphatic rings. The molecule has 0 aliphatic heterocycles. The first-order valence-corrected chi connectivity index (χ1v) is 6.95. The molecular formula is C12H19NO3S. The lowest BCUT2D eigenvalue weighted by molar-refractivity contribution is 0.0563. The predicted octanol–water partition coefficient (Wildman–Crippen LogP) is 2.30. The molecule has 1 unspecified atom stereocenters. The Morgan fingerprint density at radius 3 is 3.06 bits per heavy atom. The van der Waals surface area contributed by atoms with E-state index in [-0.39, 0.29) is 5.76 Å². The Morgan fingerprint density at radius 2 is 2.41 bits per heavy atom. The third-order valence-corrected chi connectivity index (χ3v) is 3.16. The molecule has 1 aromatic rings. The molecule has 0 aromatic carbocycles. The number of rotatable bonds is 7. The fourth-order valence-electron chi connectivity index (χ4n) is 1.43. The van der Waals surface area contributed by atoms with Gasteiger partial charge in [0, 0.05) is 18.2 Å². The Labute approximate surface area is 106 Å². The van der Waals surface area contributed by atoms with Gasteiger partial charge < -0.3 is 14.5 Å². The average Bonchev–Trinajstić information content (AvgIpc) is 2.81.